The lowest BCUT2D eigenvalue weighted by Crippen LogP contribution is -2.24. The van der Waals surface area contributed by atoms with Crippen molar-refractivity contribution in [1.82, 2.24) is 5.43 Å². The number of hydrogen-bond donors (Lipinski definition) is 1. The van der Waals surface area contributed by atoms with Gasteiger partial charge < -0.3 is 9.47 Å². The second-order valence-electron chi connectivity index (χ2n) is 4.53. The number of nitrogens with zero attached hydrogens (tertiary/aromatic N) is 1. The Morgan fingerprint density at radius 1 is 1.09 bits per heavy atom. The van der Waals surface area contributed by atoms with Crippen LogP contribution in [0.5, 0.6) is 11.5 Å². The average molecular weight is 310 g/mol. The van der Waals surface area contributed by atoms with Crippen LogP contribution in [0.15, 0.2) is 72.4 Å². The first-order valence-corrected chi connectivity index (χ1v) is 7.12. The second-order valence-corrected chi connectivity index (χ2v) is 4.53. The third-order valence-electron chi connectivity index (χ3n) is 2.78. The summed E-state index contributed by atoms with van der Waals surface area (Å²) < 4.78 is 10.8. The van der Waals surface area contributed by atoms with Crippen molar-refractivity contribution in [3.05, 3.63) is 72.8 Å². The summed E-state index contributed by atoms with van der Waals surface area (Å²) in [5.74, 6) is 0.968. The number of hydrogen-bond acceptors (Lipinski definition) is 4. The van der Waals surface area contributed by atoms with Crippen LogP contribution in [0.4, 0.5) is 0 Å². The Kier molecular flexibility index (Phi) is 6.41. The maximum Gasteiger partial charge on any atom is 0.277 e. The lowest BCUT2D eigenvalue weighted by Gasteiger charge is -2.06. The van der Waals surface area contributed by atoms with Gasteiger partial charge in [0.25, 0.3) is 5.91 Å². The molecule has 0 spiro atoms. The minimum absolute atomic E-state index is 0.101. The van der Waals surface area contributed by atoms with E-state index < -0.39 is 0 Å². The van der Waals surface area contributed by atoms with Gasteiger partial charge in [0.15, 0.2) is 6.61 Å². The molecule has 5 nitrogen and oxygen atoms in total. The molecule has 0 radical (unpaired) electrons. The van der Waals surface area contributed by atoms with Crippen molar-refractivity contribution in [2.45, 2.75) is 0 Å². The third kappa shape index (κ3) is 5.67. The highest BCUT2D eigenvalue weighted by Crippen LogP contribution is 2.15. The summed E-state index contributed by atoms with van der Waals surface area (Å²) >= 11 is 0. The summed E-state index contributed by atoms with van der Waals surface area (Å²) in [5.41, 5.74) is 3.18. The van der Waals surface area contributed by atoms with Crippen molar-refractivity contribution >= 4 is 12.1 Å². The average Bonchev–Trinajstić information content (AvgIpc) is 2.60. The van der Waals surface area contributed by atoms with Gasteiger partial charge in [0.05, 0.1) is 6.21 Å². The monoisotopic (exact) mass is 310 g/mol. The Morgan fingerprint density at radius 3 is 2.61 bits per heavy atom. The van der Waals surface area contributed by atoms with Gasteiger partial charge in [-0.2, -0.15) is 5.10 Å². The quantitative estimate of drug-likeness (QED) is 0.463. The van der Waals surface area contributed by atoms with E-state index in [2.05, 4.69) is 17.1 Å². The number of benzene rings is 2. The van der Waals surface area contributed by atoms with Gasteiger partial charge in [-0.1, -0.05) is 43.0 Å². The molecule has 2 aromatic carbocycles. The summed E-state index contributed by atoms with van der Waals surface area (Å²) in [6.45, 7) is 3.91. The standard InChI is InChI=1S/C18H18N2O3/c1-2-12-22-17-11-7-6-8-15(17)13-19-20-18(21)14-23-16-9-4-3-5-10-16/h2-11,13H,1,12,14H2,(H,20,21)/b19-13-. The van der Waals surface area contributed by atoms with E-state index in [1.165, 1.54) is 6.21 Å². The largest absolute Gasteiger partial charge is 0.489 e. The van der Waals surface area contributed by atoms with Gasteiger partial charge in [-0.05, 0) is 24.3 Å². The van der Waals surface area contributed by atoms with Gasteiger partial charge >= 0.3 is 0 Å². The lowest BCUT2D eigenvalue weighted by molar-refractivity contribution is -0.123. The minimum Gasteiger partial charge on any atom is -0.489 e. The molecule has 0 heterocycles. The molecular weight excluding hydrogens is 292 g/mol. The SMILES string of the molecule is C=CCOc1ccccc1/C=N\NC(=O)COc1ccccc1. The van der Waals surface area contributed by atoms with Crippen LogP contribution < -0.4 is 14.9 Å². The molecule has 0 aliphatic rings. The molecule has 23 heavy (non-hydrogen) atoms. The molecule has 1 N–H and O–H groups in total. The zero-order valence-electron chi connectivity index (χ0n) is 12.6. The summed E-state index contributed by atoms with van der Waals surface area (Å²) in [5, 5.41) is 3.91. The van der Waals surface area contributed by atoms with Crippen LogP contribution in [0, 0.1) is 0 Å². The van der Waals surface area contributed by atoms with E-state index >= 15 is 0 Å². The van der Waals surface area contributed by atoms with Crippen LogP contribution in [0.1, 0.15) is 5.56 Å². The van der Waals surface area contributed by atoms with E-state index in [0.717, 1.165) is 5.56 Å². The molecule has 0 aromatic heterocycles. The summed E-state index contributed by atoms with van der Waals surface area (Å²) in [7, 11) is 0. The second kappa shape index (κ2) is 9.04. The zero-order valence-corrected chi connectivity index (χ0v) is 12.6. The molecule has 2 aromatic rings. The minimum atomic E-state index is -0.338. The molecule has 0 saturated heterocycles. The smallest absolute Gasteiger partial charge is 0.277 e. The van der Waals surface area contributed by atoms with Crippen molar-refractivity contribution in [3.8, 4) is 11.5 Å². The molecule has 0 aliphatic carbocycles. The Hall–Kier alpha value is -3.08. The summed E-state index contributed by atoms with van der Waals surface area (Å²) in [6, 6.07) is 16.5. The Bertz CT molecular complexity index is 669. The normalized spacial score (nSPS) is 10.3. The first-order chi connectivity index (χ1) is 11.3. The molecule has 0 unspecified atom stereocenters. The van der Waals surface area contributed by atoms with Crippen molar-refractivity contribution in [2.24, 2.45) is 5.10 Å². The van der Waals surface area contributed by atoms with Crippen LogP contribution >= 0.6 is 0 Å². The highest BCUT2D eigenvalue weighted by atomic mass is 16.5. The molecule has 118 valence electrons. The van der Waals surface area contributed by atoms with Crippen LogP contribution in [-0.2, 0) is 4.79 Å². The van der Waals surface area contributed by atoms with Crippen LogP contribution in [0.2, 0.25) is 0 Å². The number of amides is 1. The Balaban J connectivity index is 1.84. The highest BCUT2D eigenvalue weighted by Gasteiger charge is 2.02. The highest BCUT2D eigenvalue weighted by molar-refractivity contribution is 5.85. The first kappa shape index (κ1) is 16.3. The van der Waals surface area contributed by atoms with Crippen LogP contribution in [0.25, 0.3) is 0 Å². The molecule has 2 rings (SSSR count). The zero-order chi connectivity index (χ0) is 16.3. The van der Waals surface area contributed by atoms with E-state index in [9.17, 15) is 4.79 Å². The van der Waals surface area contributed by atoms with Crippen molar-refractivity contribution < 1.29 is 14.3 Å². The van der Waals surface area contributed by atoms with Gasteiger partial charge in [0.1, 0.15) is 18.1 Å². The van der Waals surface area contributed by atoms with Crippen molar-refractivity contribution in [3.63, 3.8) is 0 Å². The maximum atomic E-state index is 11.7. The molecule has 0 aliphatic heterocycles. The topological polar surface area (TPSA) is 59.9 Å². The predicted molar refractivity (Wildman–Crippen MR) is 89.8 cm³/mol. The van der Waals surface area contributed by atoms with Gasteiger partial charge in [-0.3, -0.25) is 4.79 Å². The van der Waals surface area contributed by atoms with Gasteiger partial charge in [0.2, 0.25) is 0 Å². The third-order valence-corrected chi connectivity index (χ3v) is 2.78. The van der Waals surface area contributed by atoms with E-state index in [-0.39, 0.29) is 12.5 Å². The molecule has 0 saturated carbocycles. The van der Waals surface area contributed by atoms with E-state index in [1.54, 1.807) is 18.2 Å². The maximum absolute atomic E-state index is 11.7. The summed E-state index contributed by atoms with van der Waals surface area (Å²) in [6.07, 6.45) is 3.19. The summed E-state index contributed by atoms with van der Waals surface area (Å²) in [4.78, 5) is 11.7. The number of carbonyl (C=O) groups is 1. The Morgan fingerprint density at radius 2 is 1.83 bits per heavy atom. The molecule has 0 bridgehead atoms. The predicted octanol–water partition coefficient (Wildman–Crippen LogP) is 2.78. The number of para-hydroxylation sites is 2. The molecule has 0 atom stereocenters. The molecule has 0 fully saturated rings. The van der Waals surface area contributed by atoms with Gasteiger partial charge in [0, 0.05) is 5.56 Å². The van der Waals surface area contributed by atoms with E-state index in [1.807, 2.05) is 42.5 Å². The van der Waals surface area contributed by atoms with Crippen molar-refractivity contribution in [2.75, 3.05) is 13.2 Å². The van der Waals surface area contributed by atoms with E-state index in [4.69, 9.17) is 9.47 Å². The lowest BCUT2D eigenvalue weighted by atomic mass is 10.2. The molecular formula is C18H18N2O3. The molecule has 5 heteroatoms. The first-order valence-electron chi connectivity index (χ1n) is 7.12. The molecule has 1 amide bonds. The number of rotatable bonds is 8. The Labute approximate surface area is 135 Å². The van der Waals surface area contributed by atoms with Crippen molar-refractivity contribution in [1.29, 1.82) is 0 Å². The fourth-order valence-electron chi connectivity index (χ4n) is 1.74. The number of carbonyl (C=O) groups excluding carboxylic acids is 1. The van der Waals surface area contributed by atoms with Crippen LogP contribution in [-0.4, -0.2) is 25.3 Å². The number of ether oxygens (including phenoxy) is 2. The van der Waals surface area contributed by atoms with Gasteiger partial charge in [-0.25, -0.2) is 5.43 Å². The van der Waals surface area contributed by atoms with Crippen LogP contribution in [0.3, 0.4) is 0 Å². The number of nitrogens with one attached hydrogen (secondary N) is 1. The fraction of sp³-hybridized carbons (Fsp3) is 0.111. The van der Waals surface area contributed by atoms with E-state index in [0.29, 0.717) is 18.1 Å². The fourth-order valence-corrected chi connectivity index (χ4v) is 1.74. The van der Waals surface area contributed by atoms with Gasteiger partial charge in [-0.15, -0.1) is 0 Å². The number of hydrazone groups is 1.